The smallest absolute Gasteiger partial charge is 0.0963 e. The van der Waals surface area contributed by atoms with Gasteiger partial charge >= 0.3 is 0 Å². The third kappa shape index (κ3) is 5.38. The number of unbranched alkanes of at least 4 members (excludes halogenated alkanes) is 1. The summed E-state index contributed by atoms with van der Waals surface area (Å²) in [5.41, 5.74) is 1.07. The lowest BCUT2D eigenvalue weighted by Crippen LogP contribution is -2.29. The highest BCUT2D eigenvalue weighted by Gasteiger charge is 2.15. The highest BCUT2D eigenvalue weighted by atomic mass is 35.5. The Bertz CT molecular complexity index is 341. The molecule has 2 nitrogen and oxygen atoms in total. The van der Waals surface area contributed by atoms with E-state index in [4.69, 9.17) is 16.3 Å². The van der Waals surface area contributed by atoms with Crippen LogP contribution in [0.2, 0.25) is 5.02 Å². The van der Waals surface area contributed by atoms with Crippen LogP contribution in [0.15, 0.2) is 24.3 Å². The molecule has 3 heteroatoms. The predicted molar refractivity (Wildman–Crippen MR) is 78.2 cm³/mol. The first kappa shape index (κ1) is 15.5. The maximum atomic E-state index is 6.24. The van der Waals surface area contributed by atoms with E-state index in [-0.39, 0.29) is 6.10 Å². The Kier molecular flexibility index (Phi) is 7.33. The number of hydrogen-bond acceptors (Lipinski definition) is 2. The standard InChI is InChI=1S/C15H24ClNO/c1-4-5-10-18-15(11-17-12(2)3)13-8-6-7-9-14(13)16/h6-9,12,15,17H,4-5,10-11H2,1-3H3. The Balaban J connectivity index is 2.66. The molecule has 1 rings (SSSR count). The number of ether oxygens (including phenoxy) is 1. The average Bonchev–Trinajstić information content (AvgIpc) is 2.34. The van der Waals surface area contributed by atoms with Gasteiger partial charge in [-0.3, -0.25) is 0 Å². The van der Waals surface area contributed by atoms with Crippen LogP contribution in [0.5, 0.6) is 0 Å². The van der Waals surface area contributed by atoms with Crippen molar-refractivity contribution in [3.8, 4) is 0 Å². The maximum Gasteiger partial charge on any atom is 0.0963 e. The van der Waals surface area contributed by atoms with E-state index >= 15 is 0 Å². The molecule has 0 spiro atoms. The number of nitrogens with one attached hydrogen (secondary N) is 1. The molecule has 0 radical (unpaired) electrons. The lowest BCUT2D eigenvalue weighted by atomic mass is 10.1. The predicted octanol–water partition coefficient (Wildman–Crippen LogP) is 4.20. The second kappa shape index (κ2) is 8.52. The van der Waals surface area contributed by atoms with Gasteiger partial charge in [-0.05, 0) is 12.5 Å². The normalized spacial score (nSPS) is 12.9. The van der Waals surface area contributed by atoms with Gasteiger partial charge in [-0.15, -0.1) is 0 Å². The average molecular weight is 270 g/mol. The molecule has 0 saturated carbocycles. The minimum Gasteiger partial charge on any atom is -0.372 e. The summed E-state index contributed by atoms with van der Waals surface area (Å²) in [5.74, 6) is 0. The summed E-state index contributed by atoms with van der Waals surface area (Å²) in [6, 6.07) is 8.37. The maximum absolute atomic E-state index is 6.24. The van der Waals surface area contributed by atoms with E-state index in [0.29, 0.717) is 6.04 Å². The summed E-state index contributed by atoms with van der Waals surface area (Å²) < 4.78 is 5.95. The molecular weight excluding hydrogens is 246 g/mol. The molecule has 18 heavy (non-hydrogen) atoms. The molecule has 1 N–H and O–H groups in total. The van der Waals surface area contributed by atoms with Crippen LogP contribution in [-0.2, 0) is 4.74 Å². The van der Waals surface area contributed by atoms with Crippen molar-refractivity contribution in [2.75, 3.05) is 13.2 Å². The molecular formula is C15H24ClNO. The molecule has 0 aliphatic rings. The molecule has 1 aromatic carbocycles. The minimum atomic E-state index is 0.0349. The zero-order valence-electron chi connectivity index (χ0n) is 11.6. The van der Waals surface area contributed by atoms with Gasteiger partial charge in [0, 0.05) is 29.8 Å². The molecule has 0 saturated heterocycles. The number of hydrogen-bond donors (Lipinski definition) is 1. The Morgan fingerprint density at radius 1 is 1.28 bits per heavy atom. The third-order valence-corrected chi connectivity index (χ3v) is 3.12. The second-order valence-electron chi connectivity index (χ2n) is 4.80. The number of rotatable bonds is 8. The van der Waals surface area contributed by atoms with E-state index in [9.17, 15) is 0 Å². The highest BCUT2D eigenvalue weighted by molar-refractivity contribution is 6.31. The summed E-state index contributed by atoms with van der Waals surface area (Å²) in [7, 11) is 0. The molecule has 0 heterocycles. The zero-order valence-corrected chi connectivity index (χ0v) is 12.3. The monoisotopic (exact) mass is 269 g/mol. The molecule has 1 unspecified atom stereocenters. The molecule has 1 atom stereocenters. The third-order valence-electron chi connectivity index (χ3n) is 2.78. The van der Waals surface area contributed by atoms with Gasteiger partial charge in [0.05, 0.1) is 6.10 Å². The summed E-state index contributed by atoms with van der Waals surface area (Å²) >= 11 is 6.24. The van der Waals surface area contributed by atoms with Crippen molar-refractivity contribution in [1.29, 1.82) is 0 Å². The molecule has 0 aliphatic carbocycles. The lowest BCUT2D eigenvalue weighted by Gasteiger charge is -2.21. The molecule has 0 amide bonds. The molecule has 0 fully saturated rings. The van der Waals surface area contributed by atoms with Crippen molar-refractivity contribution in [3.63, 3.8) is 0 Å². The molecule has 102 valence electrons. The van der Waals surface area contributed by atoms with E-state index in [1.807, 2.05) is 24.3 Å². The Hall–Kier alpha value is -0.570. The van der Waals surface area contributed by atoms with E-state index in [1.165, 1.54) is 0 Å². The van der Waals surface area contributed by atoms with Crippen LogP contribution in [-0.4, -0.2) is 19.2 Å². The topological polar surface area (TPSA) is 21.3 Å². The lowest BCUT2D eigenvalue weighted by molar-refractivity contribution is 0.0494. The zero-order chi connectivity index (χ0) is 13.4. The van der Waals surface area contributed by atoms with Crippen molar-refractivity contribution in [1.82, 2.24) is 5.32 Å². The van der Waals surface area contributed by atoms with Crippen molar-refractivity contribution >= 4 is 11.6 Å². The van der Waals surface area contributed by atoms with Crippen LogP contribution >= 0.6 is 11.6 Å². The van der Waals surface area contributed by atoms with E-state index in [1.54, 1.807) is 0 Å². The molecule has 0 aliphatic heterocycles. The Labute approximate surface area is 116 Å². The first-order chi connectivity index (χ1) is 8.65. The minimum absolute atomic E-state index is 0.0349. The molecule has 0 bridgehead atoms. The van der Waals surface area contributed by atoms with Gasteiger partial charge in [-0.1, -0.05) is 57.0 Å². The summed E-state index contributed by atoms with van der Waals surface area (Å²) in [6.07, 6.45) is 2.27. The Morgan fingerprint density at radius 3 is 2.61 bits per heavy atom. The van der Waals surface area contributed by atoms with E-state index < -0.39 is 0 Å². The van der Waals surface area contributed by atoms with E-state index in [2.05, 4.69) is 26.1 Å². The van der Waals surface area contributed by atoms with Crippen LogP contribution in [0.25, 0.3) is 0 Å². The van der Waals surface area contributed by atoms with Crippen LogP contribution in [0.1, 0.15) is 45.3 Å². The fourth-order valence-electron chi connectivity index (χ4n) is 1.71. The van der Waals surface area contributed by atoms with Gasteiger partial charge < -0.3 is 10.1 Å². The first-order valence-corrected chi connectivity index (χ1v) is 7.12. The van der Waals surface area contributed by atoms with Crippen molar-refractivity contribution in [2.24, 2.45) is 0 Å². The SMILES string of the molecule is CCCCOC(CNC(C)C)c1ccccc1Cl. The highest BCUT2D eigenvalue weighted by Crippen LogP contribution is 2.25. The van der Waals surface area contributed by atoms with Gasteiger partial charge in [0.1, 0.15) is 0 Å². The number of benzene rings is 1. The fraction of sp³-hybridized carbons (Fsp3) is 0.600. The van der Waals surface area contributed by atoms with E-state index in [0.717, 1.165) is 36.6 Å². The van der Waals surface area contributed by atoms with Crippen LogP contribution < -0.4 is 5.32 Å². The molecule has 0 aromatic heterocycles. The first-order valence-electron chi connectivity index (χ1n) is 6.74. The summed E-state index contributed by atoms with van der Waals surface area (Å²) in [4.78, 5) is 0. The van der Waals surface area contributed by atoms with Gasteiger partial charge in [0.2, 0.25) is 0 Å². The van der Waals surface area contributed by atoms with Crippen molar-refractivity contribution < 1.29 is 4.74 Å². The second-order valence-corrected chi connectivity index (χ2v) is 5.20. The van der Waals surface area contributed by atoms with Gasteiger partial charge in [-0.25, -0.2) is 0 Å². The summed E-state index contributed by atoms with van der Waals surface area (Å²) in [6.45, 7) is 8.02. The quantitative estimate of drug-likeness (QED) is 0.715. The molecule has 1 aromatic rings. The van der Waals surface area contributed by atoms with Crippen molar-refractivity contribution in [2.45, 2.75) is 45.8 Å². The number of halogens is 1. The fourth-order valence-corrected chi connectivity index (χ4v) is 1.96. The Morgan fingerprint density at radius 2 is 2.00 bits per heavy atom. The largest absolute Gasteiger partial charge is 0.372 e. The van der Waals surface area contributed by atoms with Gasteiger partial charge in [0.15, 0.2) is 0 Å². The van der Waals surface area contributed by atoms with Gasteiger partial charge in [-0.2, -0.15) is 0 Å². The van der Waals surface area contributed by atoms with Crippen LogP contribution in [0.4, 0.5) is 0 Å². The van der Waals surface area contributed by atoms with Crippen molar-refractivity contribution in [3.05, 3.63) is 34.9 Å². The van der Waals surface area contributed by atoms with Crippen LogP contribution in [0, 0.1) is 0 Å². The summed E-state index contributed by atoms with van der Waals surface area (Å²) in [5, 5.41) is 4.20. The van der Waals surface area contributed by atoms with Gasteiger partial charge in [0.25, 0.3) is 0 Å². The van der Waals surface area contributed by atoms with Crippen LogP contribution in [0.3, 0.4) is 0 Å².